The number of nitrogens with one attached hydrogen (secondary N) is 2. The van der Waals surface area contributed by atoms with Crippen LogP contribution in [-0.4, -0.2) is 85.9 Å². The molecule has 10 heteroatoms. The van der Waals surface area contributed by atoms with Gasteiger partial charge in [-0.05, 0) is 73.1 Å². The van der Waals surface area contributed by atoms with Gasteiger partial charge in [0, 0.05) is 64.5 Å². The van der Waals surface area contributed by atoms with Crippen LogP contribution < -0.4 is 15.5 Å². The van der Waals surface area contributed by atoms with E-state index in [2.05, 4.69) is 15.5 Å². The highest BCUT2D eigenvalue weighted by Gasteiger charge is 2.24. The number of carboxylic acid groups (broad SMARTS) is 1. The van der Waals surface area contributed by atoms with Crippen LogP contribution in [0.25, 0.3) is 11.1 Å². The number of hydrogen-bond acceptors (Lipinski definition) is 6. The van der Waals surface area contributed by atoms with E-state index < -0.39 is 12.2 Å². The molecule has 0 spiro atoms. The van der Waals surface area contributed by atoms with Crippen molar-refractivity contribution < 1.29 is 24.2 Å². The second kappa shape index (κ2) is 19.3. The summed E-state index contributed by atoms with van der Waals surface area (Å²) in [6.45, 7) is 3.34. The smallest absolute Gasteiger partial charge is 0.411 e. The van der Waals surface area contributed by atoms with Crippen LogP contribution in [-0.2, 0) is 16.0 Å². The summed E-state index contributed by atoms with van der Waals surface area (Å²) in [5.74, 6) is 0.0913. The normalized spacial score (nSPS) is 13.3. The maximum Gasteiger partial charge on any atom is 0.411 e. The first-order chi connectivity index (χ1) is 25.3. The average Bonchev–Trinajstić information content (AvgIpc) is 3.16. The highest BCUT2D eigenvalue weighted by molar-refractivity contribution is 5.91. The fourth-order valence-corrected chi connectivity index (χ4v) is 6.61. The first-order valence-corrected chi connectivity index (χ1v) is 18.2. The zero-order valence-corrected chi connectivity index (χ0v) is 30.3. The van der Waals surface area contributed by atoms with E-state index in [0.29, 0.717) is 44.5 Å². The molecule has 0 aromatic heterocycles. The van der Waals surface area contributed by atoms with Crippen LogP contribution >= 0.6 is 0 Å². The van der Waals surface area contributed by atoms with Gasteiger partial charge in [-0.2, -0.15) is 0 Å². The maximum atomic E-state index is 12.9. The molecular weight excluding hydrogens is 654 g/mol. The topological polar surface area (TPSA) is 114 Å². The van der Waals surface area contributed by atoms with Crippen molar-refractivity contribution in [3.8, 4) is 11.1 Å². The Morgan fingerprint density at radius 2 is 1.54 bits per heavy atom. The summed E-state index contributed by atoms with van der Waals surface area (Å²) < 4.78 is 5.78. The minimum absolute atomic E-state index is 0.0913. The molecule has 0 atom stereocenters. The highest BCUT2D eigenvalue weighted by Crippen LogP contribution is 2.29. The number of carbonyl (C=O) groups excluding carboxylic acids is 2. The predicted molar refractivity (Wildman–Crippen MR) is 208 cm³/mol. The summed E-state index contributed by atoms with van der Waals surface area (Å²) in [5.41, 5.74) is 6.37. The molecule has 1 fully saturated rings. The number of benzene rings is 4. The Balaban J connectivity index is 0.991. The number of likely N-dealkylation sites (N-methyl/N-ethyl adjacent to an activating group) is 1. The van der Waals surface area contributed by atoms with Crippen LogP contribution in [0.5, 0.6) is 0 Å². The van der Waals surface area contributed by atoms with Crippen LogP contribution in [0.1, 0.15) is 49.7 Å². The third-order valence-corrected chi connectivity index (χ3v) is 9.63. The molecule has 274 valence electrons. The quantitative estimate of drug-likeness (QED) is 0.101. The Morgan fingerprint density at radius 3 is 2.25 bits per heavy atom. The summed E-state index contributed by atoms with van der Waals surface area (Å²) >= 11 is 0. The molecule has 52 heavy (non-hydrogen) atoms. The molecule has 1 aliphatic rings. The minimum Gasteiger partial charge on any atom is -0.465 e. The van der Waals surface area contributed by atoms with E-state index in [4.69, 9.17) is 4.74 Å². The summed E-state index contributed by atoms with van der Waals surface area (Å²) in [6, 6.07) is 33.5. The monoisotopic (exact) mass is 705 g/mol. The van der Waals surface area contributed by atoms with Gasteiger partial charge in [0.15, 0.2) is 0 Å². The lowest BCUT2D eigenvalue weighted by molar-refractivity contribution is -0.130. The van der Waals surface area contributed by atoms with Gasteiger partial charge < -0.3 is 25.0 Å². The molecule has 0 saturated carbocycles. The summed E-state index contributed by atoms with van der Waals surface area (Å²) in [4.78, 5) is 43.5. The first-order valence-electron chi connectivity index (χ1n) is 18.2. The third kappa shape index (κ3) is 11.1. The molecule has 1 aliphatic heterocycles. The number of carbonyl (C=O) groups is 3. The lowest BCUT2D eigenvalue weighted by atomic mass is 10.0. The molecule has 3 amide bonds. The van der Waals surface area contributed by atoms with Crippen molar-refractivity contribution in [2.24, 2.45) is 0 Å². The van der Waals surface area contributed by atoms with Crippen molar-refractivity contribution in [3.05, 3.63) is 114 Å². The van der Waals surface area contributed by atoms with Crippen LogP contribution in [0.15, 0.2) is 103 Å². The van der Waals surface area contributed by atoms with Crippen molar-refractivity contribution in [1.82, 2.24) is 9.80 Å². The molecule has 0 bridgehead atoms. The number of anilines is 3. The van der Waals surface area contributed by atoms with Crippen LogP contribution in [0.3, 0.4) is 0 Å². The van der Waals surface area contributed by atoms with Crippen molar-refractivity contribution in [2.75, 3.05) is 62.4 Å². The van der Waals surface area contributed by atoms with E-state index in [9.17, 15) is 19.5 Å². The van der Waals surface area contributed by atoms with Gasteiger partial charge in [0.1, 0.15) is 6.10 Å². The van der Waals surface area contributed by atoms with Gasteiger partial charge in [-0.1, -0.05) is 85.3 Å². The van der Waals surface area contributed by atoms with Crippen molar-refractivity contribution in [3.63, 3.8) is 0 Å². The SMILES string of the molecule is CNc1ccc(N(CCCCCC(=O)N(C)CCN2CCC(OC(=O)Nc3ccccc3-c3ccccc3)CC2)C(=O)O)c(Cc2ccccc2)c1. The van der Waals surface area contributed by atoms with Gasteiger partial charge in [0.05, 0.1) is 11.4 Å². The molecule has 1 heterocycles. The van der Waals surface area contributed by atoms with E-state index >= 15 is 0 Å². The lowest BCUT2D eigenvalue weighted by Gasteiger charge is -2.32. The fraction of sp³-hybridized carbons (Fsp3) is 0.357. The van der Waals surface area contributed by atoms with Crippen molar-refractivity contribution in [2.45, 2.75) is 51.0 Å². The summed E-state index contributed by atoms with van der Waals surface area (Å²) in [5, 5.41) is 16.2. The standard InChI is InChI=1S/C42H51N5O5/c1-43-35-21-22-39(34(31-35)30-32-14-6-3-7-15-32)47(42(50)51)25-13-5-10-20-40(48)45(2)28-29-46-26-23-36(24-27-46)52-41(49)44-38-19-12-11-18-37(38)33-16-8-4-9-17-33/h3-4,6-9,11-12,14-19,21-22,31,36,43H,5,10,13,20,23-30H2,1-2H3,(H,44,49)(H,50,51). The Morgan fingerprint density at radius 1 is 0.846 bits per heavy atom. The molecule has 0 radical (unpaired) electrons. The van der Waals surface area contributed by atoms with Crippen LogP contribution in [0.4, 0.5) is 26.7 Å². The molecule has 4 aromatic rings. The van der Waals surface area contributed by atoms with E-state index in [1.54, 1.807) is 4.90 Å². The molecule has 3 N–H and O–H groups in total. The van der Waals surface area contributed by atoms with E-state index in [1.165, 1.54) is 4.90 Å². The van der Waals surface area contributed by atoms with Crippen molar-refractivity contribution in [1.29, 1.82) is 0 Å². The second-order valence-corrected chi connectivity index (χ2v) is 13.3. The zero-order valence-electron chi connectivity index (χ0n) is 30.3. The van der Waals surface area contributed by atoms with E-state index in [-0.39, 0.29) is 12.0 Å². The first kappa shape index (κ1) is 37.9. The van der Waals surface area contributed by atoms with Crippen molar-refractivity contribution >= 4 is 35.2 Å². The number of piperidine rings is 1. The number of likely N-dealkylation sites (tertiary alicyclic amines) is 1. The second-order valence-electron chi connectivity index (χ2n) is 13.3. The maximum absolute atomic E-state index is 12.9. The molecule has 1 saturated heterocycles. The minimum atomic E-state index is -0.981. The Bertz CT molecular complexity index is 1740. The van der Waals surface area contributed by atoms with Gasteiger partial charge in [-0.25, -0.2) is 9.59 Å². The highest BCUT2D eigenvalue weighted by atomic mass is 16.6. The molecule has 10 nitrogen and oxygen atoms in total. The van der Waals surface area contributed by atoms with Crippen LogP contribution in [0, 0.1) is 0 Å². The van der Waals surface area contributed by atoms with Gasteiger partial charge in [-0.3, -0.25) is 15.0 Å². The largest absolute Gasteiger partial charge is 0.465 e. The average molecular weight is 706 g/mol. The summed E-state index contributed by atoms with van der Waals surface area (Å²) in [6.07, 6.45) is 3.08. The number of amides is 3. The number of unbranched alkanes of at least 4 members (excludes halogenated alkanes) is 2. The van der Waals surface area contributed by atoms with E-state index in [1.807, 2.05) is 117 Å². The number of nitrogens with zero attached hydrogens (tertiary/aromatic N) is 3. The third-order valence-electron chi connectivity index (χ3n) is 9.63. The van der Waals surface area contributed by atoms with Gasteiger partial charge in [-0.15, -0.1) is 0 Å². The molecular formula is C42H51N5O5. The zero-order chi connectivity index (χ0) is 36.7. The Labute approximate surface area is 307 Å². The molecule has 5 rings (SSSR count). The molecule has 4 aromatic carbocycles. The lowest BCUT2D eigenvalue weighted by Crippen LogP contribution is -2.42. The predicted octanol–water partition coefficient (Wildman–Crippen LogP) is 8.20. The summed E-state index contributed by atoms with van der Waals surface area (Å²) in [7, 11) is 3.69. The molecule has 0 unspecified atom stereocenters. The van der Waals surface area contributed by atoms with E-state index in [0.717, 1.165) is 72.5 Å². The van der Waals surface area contributed by atoms with Crippen LogP contribution in [0.2, 0.25) is 0 Å². The number of ether oxygens (including phenoxy) is 1. The Kier molecular flexibility index (Phi) is 14.1. The van der Waals surface area contributed by atoms with Gasteiger partial charge >= 0.3 is 12.2 Å². The molecule has 0 aliphatic carbocycles. The van der Waals surface area contributed by atoms with Gasteiger partial charge in [0.2, 0.25) is 5.91 Å². The number of para-hydroxylation sites is 1. The Hall–Kier alpha value is -5.35. The fourth-order valence-electron chi connectivity index (χ4n) is 6.61. The number of rotatable bonds is 16. The van der Waals surface area contributed by atoms with Gasteiger partial charge in [0.25, 0.3) is 0 Å². The number of hydrogen-bond donors (Lipinski definition) is 3.